The third-order valence-electron chi connectivity index (χ3n) is 4.26. The van der Waals surface area contributed by atoms with E-state index < -0.39 is 0 Å². The smallest absolute Gasteiger partial charge is 0.233 e. The SMILES string of the molecule is CC(C)N(C(=O)CSc1nnc(-c2cccnc2)n1Cc1ccco1)C(C)C. The summed E-state index contributed by atoms with van der Waals surface area (Å²) in [6.07, 6.45) is 5.11. The fourth-order valence-corrected chi connectivity index (χ4v) is 3.99. The highest BCUT2D eigenvalue weighted by molar-refractivity contribution is 7.99. The number of carbonyl (C=O) groups excluding carboxylic acids is 1. The molecule has 0 saturated heterocycles. The number of furan rings is 1. The second-order valence-corrected chi connectivity index (χ2v) is 7.93. The Hall–Kier alpha value is -2.61. The number of nitrogens with zero attached hydrogens (tertiary/aromatic N) is 5. The van der Waals surface area contributed by atoms with E-state index in [4.69, 9.17) is 4.42 Å². The lowest BCUT2D eigenvalue weighted by Gasteiger charge is -2.30. The summed E-state index contributed by atoms with van der Waals surface area (Å²) in [6, 6.07) is 7.87. The molecule has 0 aliphatic carbocycles. The number of rotatable bonds is 8. The predicted molar refractivity (Wildman–Crippen MR) is 109 cm³/mol. The third-order valence-corrected chi connectivity index (χ3v) is 5.21. The van der Waals surface area contributed by atoms with Gasteiger partial charge in [0, 0.05) is 30.0 Å². The van der Waals surface area contributed by atoms with E-state index in [1.807, 2.05) is 61.4 Å². The molecule has 0 aliphatic rings. The van der Waals surface area contributed by atoms with Crippen LogP contribution in [0.5, 0.6) is 0 Å². The van der Waals surface area contributed by atoms with Crippen LogP contribution in [0.25, 0.3) is 11.4 Å². The average molecular weight is 400 g/mol. The standard InChI is InChI=1S/C20H25N5O2S/c1-14(2)25(15(3)4)18(26)13-28-20-23-22-19(16-7-5-9-21-11-16)24(20)12-17-8-6-10-27-17/h5-11,14-15H,12-13H2,1-4H3. The van der Waals surface area contributed by atoms with Crippen molar-refractivity contribution in [3.8, 4) is 11.4 Å². The molecule has 0 spiro atoms. The number of thioether (sulfide) groups is 1. The molecule has 148 valence electrons. The van der Waals surface area contributed by atoms with Crippen molar-refractivity contribution in [2.24, 2.45) is 0 Å². The average Bonchev–Trinajstić information content (AvgIpc) is 3.30. The van der Waals surface area contributed by atoms with Crippen LogP contribution in [0, 0.1) is 0 Å². The quantitative estimate of drug-likeness (QED) is 0.537. The molecular formula is C20H25N5O2S. The van der Waals surface area contributed by atoms with Crippen molar-refractivity contribution in [2.45, 2.75) is 51.5 Å². The number of carbonyl (C=O) groups is 1. The summed E-state index contributed by atoms with van der Waals surface area (Å²) >= 11 is 1.39. The van der Waals surface area contributed by atoms with Crippen molar-refractivity contribution in [2.75, 3.05) is 5.75 Å². The van der Waals surface area contributed by atoms with Gasteiger partial charge in [-0.3, -0.25) is 14.3 Å². The minimum absolute atomic E-state index is 0.0884. The molecule has 0 N–H and O–H groups in total. The van der Waals surface area contributed by atoms with Gasteiger partial charge in [-0.05, 0) is 52.0 Å². The van der Waals surface area contributed by atoms with Gasteiger partial charge in [-0.2, -0.15) is 0 Å². The Balaban J connectivity index is 1.84. The highest BCUT2D eigenvalue weighted by Crippen LogP contribution is 2.25. The van der Waals surface area contributed by atoms with Gasteiger partial charge >= 0.3 is 0 Å². The number of amides is 1. The van der Waals surface area contributed by atoms with Gasteiger partial charge in [0.05, 0.1) is 18.6 Å². The van der Waals surface area contributed by atoms with Crippen LogP contribution in [0.2, 0.25) is 0 Å². The van der Waals surface area contributed by atoms with Gasteiger partial charge in [0.2, 0.25) is 5.91 Å². The largest absolute Gasteiger partial charge is 0.467 e. The molecule has 3 heterocycles. The first-order chi connectivity index (χ1) is 13.5. The van der Waals surface area contributed by atoms with E-state index in [-0.39, 0.29) is 18.0 Å². The summed E-state index contributed by atoms with van der Waals surface area (Å²) in [5.41, 5.74) is 0.866. The van der Waals surface area contributed by atoms with Crippen LogP contribution in [0.4, 0.5) is 0 Å². The molecule has 0 radical (unpaired) electrons. The molecule has 0 fully saturated rings. The molecule has 0 saturated carbocycles. The van der Waals surface area contributed by atoms with Gasteiger partial charge in [-0.1, -0.05) is 11.8 Å². The van der Waals surface area contributed by atoms with Gasteiger partial charge in [-0.25, -0.2) is 0 Å². The first-order valence-electron chi connectivity index (χ1n) is 9.27. The lowest BCUT2D eigenvalue weighted by Crippen LogP contribution is -2.43. The first-order valence-corrected chi connectivity index (χ1v) is 10.3. The fourth-order valence-electron chi connectivity index (χ4n) is 3.18. The van der Waals surface area contributed by atoms with Crippen molar-refractivity contribution in [3.05, 3.63) is 48.7 Å². The molecule has 0 aromatic carbocycles. The van der Waals surface area contributed by atoms with Crippen LogP contribution < -0.4 is 0 Å². The third kappa shape index (κ3) is 4.62. The van der Waals surface area contributed by atoms with Crippen molar-refractivity contribution in [3.63, 3.8) is 0 Å². The predicted octanol–water partition coefficient (Wildman–Crippen LogP) is 3.72. The minimum Gasteiger partial charge on any atom is -0.467 e. The molecule has 3 rings (SSSR count). The summed E-state index contributed by atoms with van der Waals surface area (Å²) in [5.74, 6) is 1.89. The minimum atomic E-state index is 0.0884. The second-order valence-electron chi connectivity index (χ2n) is 6.99. The summed E-state index contributed by atoms with van der Waals surface area (Å²) in [4.78, 5) is 18.8. The Morgan fingerprint density at radius 2 is 1.96 bits per heavy atom. The van der Waals surface area contributed by atoms with Crippen molar-refractivity contribution in [1.82, 2.24) is 24.6 Å². The van der Waals surface area contributed by atoms with Crippen LogP contribution in [0.1, 0.15) is 33.5 Å². The van der Waals surface area contributed by atoms with E-state index in [9.17, 15) is 4.79 Å². The molecule has 1 amide bonds. The fraction of sp³-hybridized carbons (Fsp3) is 0.400. The van der Waals surface area contributed by atoms with E-state index in [1.165, 1.54) is 11.8 Å². The molecule has 3 aromatic rings. The summed E-state index contributed by atoms with van der Waals surface area (Å²) in [6.45, 7) is 8.61. The van der Waals surface area contributed by atoms with Crippen LogP contribution in [0.3, 0.4) is 0 Å². The normalized spacial score (nSPS) is 11.4. The van der Waals surface area contributed by atoms with Gasteiger partial charge in [0.1, 0.15) is 5.76 Å². The van der Waals surface area contributed by atoms with Gasteiger partial charge in [0.25, 0.3) is 0 Å². The number of hydrogen-bond acceptors (Lipinski definition) is 6. The van der Waals surface area contributed by atoms with Crippen molar-refractivity contribution < 1.29 is 9.21 Å². The second kappa shape index (κ2) is 9.05. The number of pyridine rings is 1. The lowest BCUT2D eigenvalue weighted by molar-refractivity contribution is -0.131. The van der Waals surface area contributed by atoms with Gasteiger partial charge < -0.3 is 9.32 Å². The zero-order chi connectivity index (χ0) is 20.1. The first kappa shape index (κ1) is 20.1. The topological polar surface area (TPSA) is 77.1 Å². The zero-order valence-electron chi connectivity index (χ0n) is 16.6. The van der Waals surface area contributed by atoms with Gasteiger partial charge in [0.15, 0.2) is 11.0 Å². The molecule has 7 nitrogen and oxygen atoms in total. The van der Waals surface area contributed by atoms with Crippen LogP contribution in [0.15, 0.2) is 52.5 Å². The molecule has 0 atom stereocenters. The zero-order valence-corrected chi connectivity index (χ0v) is 17.4. The Labute approximate surface area is 169 Å². The molecule has 0 bridgehead atoms. The molecule has 8 heteroatoms. The molecule has 0 aliphatic heterocycles. The van der Waals surface area contributed by atoms with E-state index in [1.54, 1.807) is 18.7 Å². The summed E-state index contributed by atoms with van der Waals surface area (Å²) in [5, 5.41) is 9.35. The molecule has 0 unspecified atom stereocenters. The van der Waals surface area contributed by atoms with Crippen molar-refractivity contribution >= 4 is 17.7 Å². The monoisotopic (exact) mass is 399 g/mol. The van der Waals surface area contributed by atoms with Crippen LogP contribution in [-0.2, 0) is 11.3 Å². The Morgan fingerprint density at radius 1 is 1.18 bits per heavy atom. The highest BCUT2D eigenvalue weighted by atomic mass is 32.2. The molecular weight excluding hydrogens is 374 g/mol. The molecule has 3 aromatic heterocycles. The van der Waals surface area contributed by atoms with Crippen LogP contribution in [-0.4, -0.2) is 48.4 Å². The van der Waals surface area contributed by atoms with E-state index in [2.05, 4.69) is 15.2 Å². The number of hydrogen-bond donors (Lipinski definition) is 0. The van der Waals surface area contributed by atoms with Gasteiger partial charge in [-0.15, -0.1) is 10.2 Å². The summed E-state index contributed by atoms with van der Waals surface area (Å²) in [7, 11) is 0. The van der Waals surface area contributed by atoms with E-state index in [0.29, 0.717) is 23.3 Å². The maximum Gasteiger partial charge on any atom is 0.233 e. The maximum atomic E-state index is 12.7. The Bertz CT molecular complexity index is 883. The number of aromatic nitrogens is 4. The van der Waals surface area contributed by atoms with Crippen molar-refractivity contribution in [1.29, 1.82) is 0 Å². The Kier molecular flexibility index (Phi) is 6.51. The summed E-state index contributed by atoms with van der Waals surface area (Å²) < 4.78 is 7.46. The van der Waals surface area contributed by atoms with Crippen LogP contribution >= 0.6 is 11.8 Å². The van der Waals surface area contributed by atoms with E-state index in [0.717, 1.165) is 11.3 Å². The lowest BCUT2D eigenvalue weighted by atomic mass is 10.2. The highest BCUT2D eigenvalue weighted by Gasteiger charge is 2.22. The Morgan fingerprint density at radius 3 is 2.57 bits per heavy atom. The van der Waals surface area contributed by atoms with E-state index >= 15 is 0 Å². The maximum absolute atomic E-state index is 12.7. The molecule has 28 heavy (non-hydrogen) atoms.